The second kappa shape index (κ2) is 6.12. The van der Waals surface area contributed by atoms with Gasteiger partial charge in [-0.15, -0.1) is 0 Å². The minimum absolute atomic E-state index is 0.0254. The molecule has 0 saturated carbocycles. The van der Waals surface area contributed by atoms with Crippen molar-refractivity contribution in [3.05, 3.63) is 46.8 Å². The van der Waals surface area contributed by atoms with E-state index in [-0.39, 0.29) is 11.9 Å². The molecule has 1 aromatic heterocycles. The third-order valence-electron chi connectivity index (χ3n) is 3.07. The van der Waals surface area contributed by atoms with Gasteiger partial charge in [-0.1, -0.05) is 17.7 Å². The fraction of sp³-hybridized carbons (Fsp3) is 0.385. The van der Waals surface area contributed by atoms with Crippen LogP contribution in [0.5, 0.6) is 0 Å². The molecule has 102 valence electrons. The molecule has 1 atom stereocenters. The average molecular weight is 283 g/mol. The zero-order valence-electron chi connectivity index (χ0n) is 10.9. The predicted octanol–water partition coefficient (Wildman–Crippen LogP) is 2.59. The number of hydrogen-bond acceptors (Lipinski definition) is 3. The second-order valence-corrected chi connectivity index (χ2v) is 4.61. The molecule has 0 fully saturated rings. The summed E-state index contributed by atoms with van der Waals surface area (Å²) >= 11 is 6.09. The molecule has 2 aromatic rings. The first-order chi connectivity index (χ1) is 9.15. The van der Waals surface area contributed by atoms with Crippen LogP contribution < -0.4 is 5.32 Å². The molecule has 0 aliphatic rings. The van der Waals surface area contributed by atoms with E-state index in [0.717, 1.165) is 17.9 Å². The van der Waals surface area contributed by atoms with E-state index in [1.807, 2.05) is 18.7 Å². The van der Waals surface area contributed by atoms with E-state index in [1.165, 1.54) is 18.5 Å². The quantitative estimate of drug-likeness (QED) is 0.917. The molecule has 0 saturated heterocycles. The third kappa shape index (κ3) is 3.11. The highest BCUT2D eigenvalue weighted by atomic mass is 35.5. The molecule has 4 nitrogen and oxygen atoms in total. The van der Waals surface area contributed by atoms with Crippen molar-refractivity contribution in [2.24, 2.45) is 0 Å². The van der Waals surface area contributed by atoms with E-state index in [2.05, 4.69) is 15.4 Å². The summed E-state index contributed by atoms with van der Waals surface area (Å²) in [5.41, 5.74) is 0.858. The van der Waals surface area contributed by atoms with E-state index in [9.17, 15) is 4.39 Å². The molecule has 0 bridgehead atoms. The van der Waals surface area contributed by atoms with Crippen LogP contribution in [0.3, 0.4) is 0 Å². The van der Waals surface area contributed by atoms with Crippen LogP contribution in [0.2, 0.25) is 5.02 Å². The molecule has 2 rings (SSSR count). The van der Waals surface area contributed by atoms with Gasteiger partial charge in [0.15, 0.2) is 0 Å². The van der Waals surface area contributed by atoms with E-state index in [4.69, 9.17) is 11.6 Å². The van der Waals surface area contributed by atoms with E-state index >= 15 is 0 Å². The van der Waals surface area contributed by atoms with Crippen molar-refractivity contribution in [3.8, 4) is 0 Å². The average Bonchev–Trinajstić information content (AvgIpc) is 2.84. The van der Waals surface area contributed by atoms with Gasteiger partial charge in [-0.3, -0.25) is 4.68 Å². The Hall–Kier alpha value is -1.46. The first kappa shape index (κ1) is 14.0. The van der Waals surface area contributed by atoms with Crippen molar-refractivity contribution in [3.63, 3.8) is 0 Å². The zero-order chi connectivity index (χ0) is 13.8. The summed E-state index contributed by atoms with van der Waals surface area (Å²) in [5, 5.41) is 7.74. The van der Waals surface area contributed by atoms with Crippen LogP contribution in [-0.4, -0.2) is 21.8 Å². The highest BCUT2D eigenvalue weighted by molar-refractivity contribution is 6.31. The fourth-order valence-electron chi connectivity index (χ4n) is 2.04. The van der Waals surface area contributed by atoms with Crippen LogP contribution in [0.15, 0.2) is 24.5 Å². The van der Waals surface area contributed by atoms with Gasteiger partial charge in [0, 0.05) is 24.0 Å². The number of aryl methyl sites for hydroxylation is 1. The van der Waals surface area contributed by atoms with E-state index < -0.39 is 0 Å². The molecule has 0 radical (unpaired) electrons. The molecule has 1 unspecified atom stereocenters. The van der Waals surface area contributed by atoms with E-state index in [0.29, 0.717) is 11.4 Å². The second-order valence-electron chi connectivity index (χ2n) is 4.20. The molecular weight excluding hydrogens is 267 g/mol. The number of aromatic nitrogens is 3. The predicted molar refractivity (Wildman–Crippen MR) is 72.6 cm³/mol. The largest absolute Gasteiger partial charge is 0.313 e. The Morgan fingerprint density at radius 2 is 2.26 bits per heavy atom. The van der Waals surface area contributed by atoms with Crippen molar-refractivity contribution in [2.45, 2.75) is 25.9 Å². The van der Waals surface area contributed by atoms with Gasteiger partial charge in [-0.2, -0.15) is 5.10 Å². The topological polar surface area (TPSA) is 42.7 Å². The standard InChI is InChI=1S/C13H16ClFN4/c1-3-19-13(17-8-18-19)7-12(16-2)10-5-4-9(15)6-11(10)14/h4-6,8,12,16H,3,7H2,1-2H3. The van der Waals surface area contributed by atoms with Gasteiger partial charge < -0.3 is 5.32 Å². The maximum absolute atomic E-state index is 13.1. The number of halogens is 2. The Labute approximate surface area is 116 Å². The lowest BCUT2D eigenvalue weighted by Gasteiger charge is -2.17. The molecule has 0 amide bonds. The first-order valence-corrected chi connectivity index (χ1v) is 6.52. The first-order valence-electron chi connectivity index (χ1n) is 6.14. The summed E-state index contributed by atoms with van der Waals surface area (Å²) in [6.07, 6.45) is 2.19. The van der Waals surface area contributed by atoms with Gasteiger partial charge >= 0.3 is 0 Å². The minimum atomic E-state index is -0.333. The summed E-state index contributed by atoms with van der Waals surface area (Å²) in [6.45, 7) is 2.78. The van der Waals surface area contributed by atoms with Crippen molar-refractivity contribution in [1.82, 2.24) is 20.1 Å². The Morgan fingerprint density at radius 1 is 1.47 bits per heavy atom. The molecule has 0 spiro atoms. The number of rotatable bonds is 5. The maximum Gasteiger partial charge on any atom is 0.138 e. The van der Waals surface area contributed by atoms with Crippen molar-refractivity contribution in [1.29, 1.82) is 0 Å². The summed E-state index contributed by atoms with van der Waals surface area (Å²) in [6, 6.07) is 4.41. The van der Waals surface area contributed by atoms with Gasteiger partial charge in [-0.25, -0.2) is 9.37 Å². The summed E-state index contributed by atoms with van der Waals surface area (Å²) in [4.78, 5) is 4.24. The van der Waals surface area contributed by atoms with Crippen LogP contribution >= 0.6 is 11.6 Å². The normalized spacial score (nSPS) is 12.6. The SMILES string of the molecule is CCn1ncnc1CC(NC)c1ccc(F)cc1Cl. The van der Waals surface area contributed by atoms with Crippen LogP contribution in [0.4, 0.5) is 4.39 Å². The van der Waals surface area contributed by atoms with Crippen LogP contribution in [0, 0.1) is 5.82 Å². The molecule has 19 heavy (non-hydrogen) atoms. The number of likely N-dealkylation sites (N-methyl/N-ethyl adjacent to an activating group) is 1. The minimum Gasteiger partial charge on any atom is -0.313 e. The Morgan fingerprint density at radius 3 is 2.89 bits per heavy atom. The number of hydrogen-bond donors (Lipinski definition) is 1. The lowest BCUT2D eigenvalue weighted by atomic mass is 10.0. The van der Waals surface area contributed by atoms with Gasteiger partial charge in [-0.05, 0) is 31.7 Å². The Kier molecular flexibility index (Phi) is 4.50. The van der Waals surface area contributed by atoms with Crippen LogP contribution in [0.1, 0.15) is 24.4 Å². The van der Waals surface area contributed by atoms with Gasteiger partial charge in [0.25, 0.3) is 0 Å². The Balaban J connectivity index is 2.25. The van der Waals surface area contributed by atoms with Crippen LogP contribution in [-0.2, 0) is 13.0 Å². The summed E-state index contributed by atoms with van der Waals surface area (Å²) in [7, 11) is 1.84. The molecule has 6 heteroatoms. The summed E-state index contributed by atoms with van der Waals surface area (Å²) in [5.74, 6) is 0.544. The smallest absolute Gasteiger partial charge is 0.138 e. The molecule has 1 N–H and O–H groups in total. The van der Waals surface area contributed by atoms with Crippen molar-refractivity contribution < 1.29 is 4.39 Å². The number of nitrogens with one attached hydrogen (secondary N) is 1. The highest BCUT2D eigenvalue weighted by Crippen LogP contribution is 2.25. The molecule has 0 aliphatic heterocycles. The maximum atomic E-state index is 13.1. The van der Waals surface area contributed by atoms with E-state index in [1.54, 1.807) is 6.07 Å². The lowest BCUT2D eigenvalue weighted by Crippen LogP contribution is -2.21. The van der Waals surface area contributed by atoms with Gasteiger partial charge in [0.2, 0.25) is 0 Å². The van der Waals surface area contributed by atoms with Crippen molar-refractivity contribution in [2.75, 3.05) is 7.05 Å². The monoisotopic (exact) mass is 282 g/mol. The number of benzene rings is 1. The highest BCUT2D eigenvalue weighted by Gasteiger charge is 2.17. The fourth-order valence-corrected chi connectivity index (χ4v) is 2.34. The third-order valence-corrected chi connectivity index (χ3v) is 3.40. The molecule has 0 aliphatic carbocycles. The van der Waals surface area contributed by atoms with Gasteiger partial charge in [0.05, 0.1) is 0 Å². The van der Waals surface area contributed by atoms with Gasteiger partial charge in [0.1, 0.15) is 18.0 Å². The lowest BCUT2D eigenvalue weighted by molar-refractivity contribution is 0.532. The Bertz CT molecular complexity index is 555. The summed E-state index contributed by atoms with van der Waals surface area (Å²) < 4.78 is 14.9. The number of nitrogens with zero attached hydrogens (tertiary/aromatic N) is 3. The zero-order valence-corrected chi connectivity index (χ0v) is 11.7. The molecular formula is C13H16ClFN4. The van der Waals surface area contributed by atoms with Crippen molar-refractivity contribution >= 4 is 11.6 Å². The molecule has 1 aromatic carbocycles. The molecule has 1 heterocycles. The van der Waals surface area contributed by atoms with Crippen LogP contribution in [0.25, 0.3) is 0 Å².